The molecule has 0 bridgehead atoms. The number of anilines is 1. The number of benzene rings is 3. The van der Waals surface area contributed by atoms with Gasteiger partial charge in [-0.1, -0.05) is 66.4 Å². The maximum Gasteiger partial charge on any atom is 0.242 e. The van der Waals surface area contributed by atoms with E-state index >= 15 is 0 Å². The highest BCUT2D eigenvalue weighted by Gasteiger charge is 2.32. The van der Waals surface area contributed by atoms with Crippen molar-refractivity contribution in [3.05, 3.63) is 95.8 Å². The number of carbonyl (C=O) groups is 1. The van der Waals surface area contributed by atoms with Crippen molar-refractivity contribution in [3.8, 4) is 11.4 Å². The van der Waals surface area contributed by atoms with Crippen molar-refractivity contribution < 1.29 is 9.53 Å². The van der Waals surface area contributed by atoms with Crippen LogP contribution in [0.25, 0.3) is 5.69 Å². The minimum Gasteiger partial charge on any atom is -0.495 e. The third kappa shape index (κ3) is 4.84. The van der Waals surface area contributed by atoms with Crippen molar-refractivity contribution in [1.82, 2.24) is 14.8 Å². The number of methoxy groups -OCH3 is 1. The Bertz CT molecular complexity index is 1290. The van der Waals surface area contributed by atoms with Crippen LogP contribution in [0, 0.1) is 6.92 Å². The van der Waals surface area contributed by atoms with Crippen LogP contribution in [0.1, 0.15) is 41.0 Å². The molecule has 1 amide bonds. The van der Waals surface area contributed by atoms with Crippen LogP contribution in [0.3, 0.4) is 0 Å². The minimum absolute atomic E-state index is 0.149. The van der Waals surface area contributed by atoms with E-state index in [0.717, 1.165) is 35.5 Å². The molecule has 1 atom stereocenters. The summed E-state index contributed by atoms with van der Waals surface area (Å²) in [6.07, 6.45) is 2.23. The number of ether oxygens (including phenoxy) is 1. The van der Waals surface area contributed by atoms with Gasteiger partial charge in [0.15, 0.2) is 0 Å². The highest BCUT2D eigenvalue weighted by atomic mass is 32.2. The monoisotopic (exact) mass is 470 g/mol. The molecule has 4 aromatic rings. The number of amides is 1. The second-order valence-corrected chi connectivity index (χ2v) is 9.45. The summed E-state index contributed by atoms with van der Waals surface area (Å²) in [7, 11) is 1.60. The molecule has 5 rings (SSSR count). The van der Waals surface area contributed by atoms with Gasteiger partial charge in [0.05, 0.1) is 18.5 Å². The van der Waals surface area contributed by atoms with Crippen LogP contribution >= 0.6 is 11.8 Å². The van der Waals surface area contributed by atoms with Gasteiger partial charge in [-0.15, -0.1) is 5.10 Å². The molecule has 0 aliphatic heterocycles. The van der Waals surface area contributed by atoms with Crippen LogP contribution in [-0.2, 0) is 4.79 Å². The number of carbonyl (C=O) groups excluding carboxylic acids is 1. The molecule has 3 aromatic carbocycles. The summed E-state index contributed by atoms with van der Waals surface area (Å²) in [5.74, 6) is 1.85. The smallest absolute Gasteiger partial charge is 0.242 e. The van der Waals surface area contributed by atoms with Crippen LogP contribution < -0.4 is 10.1 Å². The Morgan fingerprint density at radius 3 is 2.44 bits per heavy atom. The molecule has 1 aromatic heterocycles. The lowest BCUT2D eigenvalue weighted by atomic mass is 10.1. The van der Waals surface area contributed by atoms with Gasteiger partial charge in [-0.25, -0.2) is 9.67 Å². The Balaban J connectivity index is 1.47. The predicted octanol–water partition coefficient (Wildman–Crippen LogP) is 5.93. The molecule has 1 unspecified atom stereocenters. The second-order valence-electron chi connectivity index (χ2n) is 8.38. The summed E-state index contributed by atoms with van der Waals surface area (Å²) in [5.41, 5.74) is 3.56. The molecule has 0 spiro atoms. The third-order valence-corrected chi connectivity index (χ3v) is 6.84. The number of aryl methyl sites for hydroxylation is 1. The lowest BCUT2D eigenvalue weighted by Gasteiger charge is -2.17. The molecule has 1 saturated carbocycles. The Kier molecular flexibility index (Phi) is 6.36. The number of thioether (sulfide) groups is 1. The van der Waals surface area contributed by atoms with Crippen LogP contribution in [0.5, 0.6) is 5.75 Å². The molecular formula is C27H26N4O2S. The first-order chi connectivity index (χ1) is 16.6. The zero-order chi connectivity index (χ0) is 23.5. The summed E-state index contributed by atoms with van der Waals surface area (Å²) >= 11 is 1.37. The molecular weight excluding hydrogens is 444 g/mol. The van der Waals surface area contributed by atoms with Crippen LogP contribution in [0.15, 0.2) is 84.0 Å². The van der Waals surface area contributed by atoms with Gasteiger partial charge in [0.25, 0.3) is 0 Å². The molecule has 1 aliphatic carbocycles. The largest absolute Gasteiger partial charge is 0.495 e. The average Bonchev–Trinajstić information content (AvgIpc) is 3.63. The van der Waals surface area contributed by atoms with E-state index in [4.69, 9.17) is 14.8 Å². The zero-order valence-electron chi connectivity index (χ0n) is 19.1. The van der Waals surface area contributed by atoms with Crippen molar-refractivity contribution in [2.24, 2.45) is 0 Å². The number of rotatable bonds is 8. The van der Waals surface area contributed by atoms with Crippen LogP contribution in [-0.4, -0.2) is 27.8 Å². The molecule has 7 heteroatoms. The molecule has 1 fully saturated rings. The fraction of sp³-hybridized carbons (Fsp3) is 0.222. The Morgan fingerprint density at radius 2 is 1.76 bits per heavy atom. The Morgan fingerprint density at radius 1 is 1.06 bits per heavy atom. The summed E-state index contributed by atoms with van der Waals surface area (Å²) in [6, 6.07) is 25.5. The maximum atomic E-state index is 13.6. The fourth-order valence-corrected chi connectivity index (χ4v) is 4.79. The summed E-state index contributed by atoms with van der Waals surface area (Å²) < 4.78 is 7.38. The molecule has 1 N–H and O–H groups in total. The van der Waals surface area contributed by atoms with E-state index in [1.165, 1.54) is 11.8 Å². The summed E-state index contributed by atoms with van der Waals surface area (Å²) in [4.78, 5) is 18.4. The van der Waals surface area contributed by atoms with Crippen LogP contribution in [0.2, 0.25) is 0 Å². The normalized spacial score (nSPS) is 13.9. The molecule has 34 heavy (non-hydrogen) atoms. The fourth-order valence-electron chi connectivity index (χ4n) is 3.84. The minimum atomic E-state index is -0.523. The van der Waals surface area contributed by atoms with Gasteiger partial charge in [0.1, 0.15) is 16.8 Å². The van der Waals surface area contributed by atoms with Gasteiger partial charge >= 0.3 is 0 Å². The molecule has 172 valence electrons. The highest BCUT2D eigenvalue weighted by Crippen LogP contribution is 2.42. The van der Waals surface area contributed by atoms with Crippen molar-refractivity contribution in [3.63, 3.8) is 0 Å². The molecule has 1 aliphatic rings. The number of nitrogens with one attached hydrogen (secondary N) is 1. The maximum absolute atomic E-state index is 13.6. The van der Waals surface area contributed by atoms with Crippen molar-refractivity contribution >= 4 is 23.4 Å². The van der Waals surface area contributed by atoms with Crippen molar-refractivity contribution in [1.29, 1.82) is 0 Å². The Hall–Kier alpha value is -3.58. The quantitative estimate of drug-likeness (QED) is 0.323. The molecule has 0 saturated heterocycles. The van der Waals surface area contributed by atoms with Gasteiger partial charge in [-0.05, 0) is 55.2 Å². The second kappa shape index (κ2) is 9.73. The topological polar surface area (TPSA) is 69.0 Å². The molecule has 1 heterocycles. The highest BCUT2D eigenvalue weighted by molar-refractivity contribution is 8.00. The van der Waals surface area contributed by atoms with E-state index in [1.807, 2.05) is 90.5 Å². The third-order valence-electron chi connectivity index (χ3n) is 5.73. The van der Waals surface area contributed by atoms with Gasteiger partial charge in [-0.3, -0.25) is 4.79 Å². The number of nitrogens with zero attached hydrogens (tertiary/aromatic N) is 3. The van der Waals surface area contributed by atoms with E-state index < -0.39 is 5.25 Å². The van der Waals surface area contributed by atoms with Gasteiger partial charge in [0, 0.05) is 5.92 Å². The number of hydrogen-bond acceptors (Lipinski definition) is 5. The van der Waals surface area contributed by atoms with Gasteiger partial charge < -0.3 is 10.1 Å². The average molecular weight is 471 g/mol. The molecule has 6 nitrogen and oxygen atoms in total. The van der Waals surface area contributed by atoms with E-state index in [9.17, 15) is 4.79 Å². The first-order valence-corrected chi connectivity index (χ1v) is 12.2. The summed E-state index contributed by atoms with van der Waals surface area (Å²) in [6.45, 7) is 1.98. The lowest BCUT2D eigenvalue weighted by Crippen LogP contribution is -2.19. The van der Waals surface area contributed by atoms with E-state index in [-0.39, 0.29) is 5.91 Å². The first-order valence-electron chi connectivity index (χ1n) is 11.3. The van der Waals surface area contributed by atoms with Gasteiger partial charge in [-0.2, -0.15) is 0 Å². The van der Waals surface area contributed by atoms with Crippen LogP contribution in [0.4, 0.5) is 5.69 Å². The van der Waals surface area contributed by atoms with Crippen molar-refractivity contribution in [2.75, 3.05) is 12.4 Å². The number of hydrogen-bond donors (Lipinski definition) is 1. The number of aromatic nitrogens is 3. The zero-order valence-corrected chi connectivity index (χ0v) is 20.0. The first kappa shape index (κ1) is 22.2. The number of para-hydroxylation sites is 1. The van der Waals surface area contributed by atoms with E-state index in [1.54, 1.807) is 7.11 Å². The molecule has 0 radical (unpaired) electrons. The van der Waals surface area contributed by atoms with Gasteiger partial charge in [0.2, 0.25) is 11.1 Å². The standard InChI is InChI=1S/C27H26N4O2S/c1-18-13-16-23(33-2)22(17-18)28-26(32)24(19-9-5-3-6-10-19)34-27-29-25(20-14-15-20)31(30-27)21-11-7-4-8-12-21/h3-13,16-17,20,24H,14-15H2,1-2H3,(H,28,32). The predicted molar refractivity (Wildman–Crippen MR) is 135 cm³/mol. The van der Waals surface area contributed by atoms with E-state index in [2.05, 4.69) is 5.32 Å². The summed E-state index contributed by atoms with van der Waals surface area (Å²) in [5, 5.41) is 7.94. The lowest BCUT2D eigenvalue weighted by molar-refractivity contribution is -0.115. The van der Waals surface area contributed by atoms with Crippen molar-refractivity contribution in [2.45, 2.75) is 36.1 Å². The SMILES string of the molecule is COc1ccc(C)cc1NC(=O)C(Sc1nc(C2CC2)n(-c2ccccc2)n1)c1ccccc1. The van der Waals surface area contributed by atoms with E-state index in [0.29, 0.717) is 22.5 Å². The Labute approximate surface area is 203 Å².